The van der Waals surface area contributed by atoms with Gasteiger partial charge >= 0.3 is 5.97 Å². The summed E-state index contributed by atoms with van der Waals surface area (Å²) in [5, 5.41) is 9.11. The number of carboxylic acids is 1. The van der Waals surface area contributed by atoms with Crippen molar-refractivity contribution in [3.05, 3.63) is 44.7 Å². The lowest BCUT2D eigenvalue weighted by molar-refractivity contribution is 0.0622. The molecular weight excluding hydrogens is 492 g/mol. The number of benzene rings is 1. The quantitative estimate of drug-likeness (QED) is 0.613. The number of hydrogen-bond acceptors (Lipinski definition) is 5. The number of piperidine rings is 1. The van der Waals surface area contributed by atoms with E-state index in [2.05, 4.69) is 34.5 Å². The topological polar surface area (TPSA) is 104 Å². The molecule has 1 aromatic carbocycles. The van der Waals surface area contributed by atoms with Crippen LogP contribution in [-0.4, -0.2) is 43.4 Å². The molecule has 7 nitrogen and oxygen atoms in total. The van der Waals surface area contributed by atoms with Gasteiger partial charge in [0.1, 0.15) is 4.88 Å². The van der Waals surface area contributed by atoms with Gasteiger partial charge in [-0.1, -0.05) is 19.9 Å². The number of nitrogens with one attached hydrogen (secondary N) is 1. The molecule has 1 aromatic heterocycles. The number of hydrogen-bond donors (Lipinski definition) is 2. The van der Waals surface area contributed by atoms with Crippen molar-refractivity contribution in [2.24, 2.45) is 11.8 Å². The fourth-order valence-electron chi connectivity index (χ4n) is 3.71. The molecule has 2 heterocycles. The number of likely N-dealkylation sites (tertiary alicyclic amines) is 1. The van der Waals surface area contributed by atoms with E-state index in [4.69, 9.17) is 5.11 Å². The molecule has 30 heavy (non-hydrogen) atoms. The van der Waals surface area contributed by atoms with Crippen LogP contribution in [0.1, 0.15) is 45.9 Å². The lowest BCUT2D eigenvalue weighted by atomic mass is 9.91. The van der Waals surface area contributed by atoms with E-state index in [0.717, 1.165) is 6.42 Å². The van der Waals surface area contributed by atoms with Crippen LogP contribution >= 0.6 is 27.3 Å². The van der Waals surface area contributed by atoms with E-state index in [9.17, 15) is 18.0 Å². The maximum Gasteiger partial charge on any atom is 0.345 e. The summed E-state index contributed by atoms with van der Waals surface area (Å²) in [7, 11) is -4.03. The summed E-state index contributed by atoms with van der Waals surface area (Å²) < 4.78 is 28.3. The van der Waals surface area contributed by atoms with Crippen LogP contribution in [0.3, 0.4) is 0 Å². The first-order valence-electron chi connectivity index (χ1n) is 9.43. The van der Waals surface area contributed by atoms with E-state index in [1.807, 2.05) is 4.90 Å². The fraction of sp³-hybridized carbons (Fsp3) is 0.400. The molecule has 1 aliphatic heterocycles. The average molecular weight is 515 g/mol. The molecule has 1 fully saturated rings. The number of aromatic carboxylic acids is 1. The zero-order valence-electron chi connectivity index (χ0n) is 16.8. The Morgan fingerprint density at radius 3 is 2.40 bits per heavy atom. The van der Waals surface area contributed by atoms with Crippen molar-refractivity contribution in [1.82, 2.24) is 4.90 Å². The van der Waals surface area contributed by atoms with Gasteiger partial charge in [0.25, 0.3) is 15.9 Å². The highest BCUT2D eigenvalue weighted by Gasteiger charge is 2.28. The van der Waals surface area contributed by atoms with Crippen LogP contribution in [0.4, 0.5) is 5.69 Å². The molecule has 0 spiro atoms. The highest BCUT2D eigenvalue weighted by molar-refractivity contribution is 9.10. The van der Waals surface area contributed by atoms with Gasteiger partial charge in [0, 0.05) is 23.1 Å². The summed E-state index contributed by atoms with van der Waals surface area (Å²) in [6, 6.07) is 6.20. The van der Waals surface area contributed by atoms with Gasteiger partial charge < -0.3 is 10.0 Å². The Morgan fingerprint density at radius 1 is 1.20 bits per heavy atom. The summed E-state index contributed by atoms with van der Waals surface area (Å²) >= 11 is 3.78. The molecule has 2 N–H and O–H groups in total. The third-order valence-corrected chi connectivity index (χ3v) is 9.17. The van der Waals surface area contributed by atoms with Gasteiger partial charge in [-0.05, 0) is 64.9 Å². The average Bonchev–Trinajstić information content (AvgIpc) is 3.05. The van der Waals surface area contributed by atoms with Gasteiger partial charge in [-0.25, -0.2) is 13.2 Å². The van der Waals surface area contributed by atoms with Gasteiger partial charge in [0.05, 0.1) is 5.69 Å². The van der Waals surface area contributed by atoms with E-state index in [1.165, 1.54) is 6.07 Å². The molecule has 0 saturated carbocycles. The largest absolute Gasteiger partial charge is 0.477 e. The van der Waals surface area contributed by atoms with Gasteiger partial charge in [-0.15, -0.1) is 11.3 Å². The maximum absolute atomic E-state index is 13.0. The number of carbonyl (C=O) groups is 2. The molecule has 1 amide bonds. The molecule has 2 atom stereocenters. The Kier molecular flexibility index (Phi) is 6.59. The number of halogens is 1. The second-order valence-electron chi connectivity index (χ2n) is 7.84. The monoisotopic (exact) mass is 514 g/mol. The van der Waals surface area contributed by atoms with Gasteiger partial charge in [0.15, 0.2) is 4.21 Å². The van der Waals surface area contributed by atoms with E-state index in [0.29, 0.717) is 47.4 Å². The lowest BCUT2D eigenvalue weighted by Crippen LogP contribution is -2.42. The van der Waals surface area contributed by atoms with Crippen molar-refractivity contribution in [2.75, 3.05) is 17.8 Å². The Morgan fingerprint density at radius 2 is 1.83 bits per heavy atom. The number of aryl methyl sites for hydroxylation is 1. The molecule has 1 saturated heterocycles. The van der Waals surface area contributed by atoms with Crippen LogP contribution in [0, 0.1) is 18.8 Å². The normalized spacial score (nSPS) is 19.5. The predicted molar refractivity (Wildman–Crippen MR) is 120 cm³/mol. The Balaban J connectivity index is 1.88. The minimum Gasteiger partial charge on any atom is -0.477 e. The smallest absolute Gasteiger partial charge is 0.345 e. The van der Waals surface area contributed by atoms with Crippen LogP contribution < -0.4 is 4.72 Å². The summed E-state index contributed by atoms with van der Waals surface area (Å²) in [4.78, 5) is 25.9. The number of rotatable bonds is 5. The number of amides is 1. The first-order valence-corrected chi connectivity index (χ1v) is 12.5. The predicted octanol–water partition coefficient (Wildman–Crippen LogP) is 4.44. The van der Waals surface area contributed by atoms with Crippen LogP contribution in [0.25, 0.3) is 0 Å². The van der Waals surface area contributed by atoms with E-state index < -0.39 is 16.0 Å². The number of carboxylic acid groups (broad SMARTS) is 1. The molecule has 2 unspecified atom stereocenters. The number of carbonyl (C=O) groups excluding carboxylic acids is 1. The minimum atomic E-state index is -4.03. The summed E-state index contributed by atoms with van der Waals surface area (Å²) in [5.74, 6) is -0.489. The second kappa shape index (κ2) is 8.68. The molecule has 10 heteroatoms. The van der Waals surface area contributed by atoms with E-state index in [1.54, 1.807) is 25.1 Å². The second-order valence-corrected chi connectivity index (χ2v) is 11.6. The lowest BCUT2D eigenvalue weighted by Gasteiger charge is -2.35. The molecule has 162 valence electrons. The van der Waals surface area contributed by atoms with Crippen LogP contribution in [0.5, 0.6) is 0 Å². The van der Waals surface area contributed by atoms with E-state index >= 15 is 0 Å². The van der Waals surface area contributed by atoms with Crippen LogP contribution in [-0.2, 0) is 10.0 Å². The molecule has 3 rings (SSSR count). The first-order chi connectivity index (χ1) is 14.0. The van der Waals surface area contributed by atoms with Crippen molar-refractivity contribution in [3.8, 4) is 0 Å². The molecule has 0 radical (unpaired) electrons. The molecule has 1 aliphatic rings. The molecule has 0 aliphatic carbocycles. The SMILES string of the molecule is Cc1ccc(C(=O)N2CC(C)CC(C)C2)cc1NS(=O)(=O)c1sc(C(=O)O)cc1Br. The maximum atomic E-state index is 13.0. The highest BCUT2D eigenvalue weighted by atomic mass is 79.9. The van der Waals surface area contributed by atoms with Crippen molar-refractivity contribution >= 4 is 54.9 Å². The van der Waals surface area contributed by atoms with Crippen molar-refractivity contribution in [3.63, 3.8) is 0 Å². The van der Waals surface area contributed by atoms with Gasteiger partial charge in [0.2, 0.25) is 0 Å². The number of sulfonamides is 1. The molecule has 2 aromatic rings. The third-order valence-electron chi connectivity index (χ3n) is 5.00. The zero-order valence-corrected chi connectivity index (χ0v) is 20.0. The van der Waals surface area contributed by atoms with Crippen LogP contribution in [0.2, 0.25) is 0 Å². The summed E-state index contributed by atoms with van der Waals surface area (Å²) in [6.07, 6.45) is 1.08. The summed E-state index contributed by atoms with van der Waals surface area (Å²) in [5.41, 5.74) is 1.36. The number of thiophene rings is 1. The molecular formula is C20H23BrN2O5S2. The fourth-order valence-corrected chi connectivity index (χ4v) is 7.34. The van der Waals surface area contributed by atoms with Crippen molar-refractivity contribution in [2.45, 2.75) is 31.4 Å². The third kappa shape index (κ3) is 4.87. The molecule has 0 bridgehead atoms. The Hall–Kier alpha value is -1.91. The number of nitrogens with zero attached hydrogens (tertiary/aromatic N) is 1. The zero-order chi connectivity index (χ0) is 22.2. The standard InChI is InChI=1S/C20H23BrN2O5S2/c1-11-6-12(2)10-23(9-11)18(24)14-5-4-13(3)16(7-14)22-30(27,28)20-15(21)8-17(29-20)19(25)26/h4-5,7-8,11-12,22H,6,9-10H2,1-3H3,(H,25,26). The first kappa shape index (κ1) is 22.8. The van der Waals surface area contributed by atoms with Gasteiger partial charge in [-0.3, -0.25) is 9.52 Å². The van der Waals surface area contributed by atoms with E-state index in [-0.39, 0.29) is 25.2 Å². The Bertz CT molecular complexity index is 1090. The van der Waals surface area contributed by atoms with Crippen molar-refractivity contribution in [1.29, 1.82) is 0 Å². The minimum absolute atomic E-state index is 0.0868. The van der Waals surface area contributed by atoms with Crippen LogP contribution in [0.15, 0.2) is 32.9 Å². The van der Waals surface area contributed by atoms with Gasteiger partial charge in [-0.2, -0.15) is 0 Å². The summed E-state index contributed by atoms with van der Waals surface area (Å²) in [6.45, 7) is 7.34. The van der Waals surface area contributed by atoms with Crippen molar-refractivity contribution < 1.29 is 23.1 Å². The number of anilines is 1. The Labute approximate surface area is 188 Å². The highest BCUT2D eigenvalue weighted by Crippen LogP contribution is 2.34.